The van der Waals surface area contributed by atoms with Gasteiger partial charge in [0.1, 0.15) is 0 Å². The molecule has 98 valence electrons. The zero-order valence-corrected chi connectivity index (χ0v) is 11.5. The van der Waals surface area contributed by atoms with Gasteiger partial charge in [-0.2, -0.15) is 0 Å². The van der Waals surface area contributed by atoms with Gasteiger partial charge in [-0.3, -0.25) is 0 Å². The summed E-state index contributed by atoms with van der Waals surface area (Å²) < 4.78 is 0.899. The molecule has 1 aromatic rings. The molecule has 18 heavy (non-hydrogen) atoms. The highest BCUT2D eigenvalue weighted by molar-refractivity contribution is 14.1. The van der Waals surface area contributed by atoms with Crippen LogP contribution in [0.2, 0.25) is 0 Å². The van der Waals surface area contributed by atoms with E-state index in [2.05, 4.69) is 33.2 Å². The molecule has 0 saturated carbocycles. The third-order valence-corrected chi connectivity index (χ3v) is 3.05. The van der Waals surface area contributed by atoms with Gasteiger partial charge in [-0.25, -0.2) is 9.59 Å². The summed E-state index contributed by atoms with van der Waals surface area (Å²) in [6, 6.07) is 6.83. The minimum Gasteiger partial charge on any atom is -0.479 e. The van der Waals surface area contributed by atoms with Crippen molar-refractivity contribution in [1.29, 1.82) is 0 Å². The van der Waals surface area contributed by atoms with E-state index in [1.54, 1.807) is 12.1 Å². The zero-order valence-electron chi connectivity index (χ0n) is 9.39. The number of para-hydroxylation sites is 1. The lowest BCUT2D eigenvalue weighted by atomic mass is 10.2. The number of carbonyl (C=O) groups is 2. The van der Waals surface area contributed by atoms with Crippen molar-refractivity contribution in [1.82, 2.24) is 5.32 Å². The van der Waals surface area contributed by atoms with E-state index >= 15 is 0 Å². The number of hydrogen-bond acceptors (Lipinski definition) is 3. The van der Waals surface area contributed by atoms with Gasteiger partial charge in [0.25, 0.3) is 0 Å². The molecule has 0 radical (unpaired) electrons. The standard InChI is InChI=1S/C11H13IN2O4/c12-7-3-1-2-4-8(7)14-11(18)13-6-5-9(15)10(16)17/h1-4,9,15H,5-6H2,(H,16,17)(H2,13,14,18). The van der Waals surface area contributed by atoms with E-state index in [0.717, 1.165) is 3.57 Å². The molecule has 1 rings (SSSR count). The van der Waals surface area contributed by atoms with Crippen molar-refractivity contribution in [2.75, 3.05) is 11.9 Å². The van der Waals surface area contributed by atoms with Gasteiger partial charge in [-0.15, -0.1) is 0 Å². The fraction of sp³-hybridized carbons (Fsp3) is 0.273. The van der Waals surface area contributed by atoms with E-state index in [9.17, 15) is 9.59 Å². The average molecular weight is 364 g/mol. The van der Waals surface area contributed by atoms with Crippen LogP contribution in [0, 0.1) is 3.57 Å². The molecule has 0 spiro atoms. The predicted octanol–water partition coefficient (Wildman–Crippen LogP) is 1.25. The second-order valence-corrected chi connectivity index (χ2v) is 4.67. The molecule has 1 unspecified atom stereocenters. The number of aliphatic hydroxyl groups excluding tert-OH is 1. The van der Waals surface area contributed by atoms with Crippen LogP contribution in [0.15, 0.2) is 24.3 Å². The van der Waals surface area contributed by atoms with Gasteiger partial charge in [-0.1, -0.05) is 12.1 Å². The number of rotatable bonds is 5. The molecule has 0 aromatic heterocycles. The van der Waals surface area contributed by atoms with Crippen LogP contribution in [0.3, 0.4) is 0 Å². The number of benzene rings is 1. The summed E-state index contributed by atoms with van der Waals surface area (Å²) in [6.07, 6.45) is -1.49. The predicted molar refractivity (Wildman–Crippen MR) is 74.4 cm³/mol. The van der Waals surface area contributed by atoms with Crippen LogP contribution in [-0.2, 0) is 4.79 Å². The number of carboxylic acids is 1. The van der Waals surface area contributed by atoms with Crippen molar-refractivity contribution in [3.63, 3.8) is 0 Å². The van der Waals surface area contributed by atoms with Crippen LogP contribution in [0.25, 0.3) is 0 Å². The minimum atomic E-state index is -1.46. The summed E-state index contributed by atoms with van der Waals surface area (Å²) in [5.74, 6) is -1.30. The van der Waals surface area contributed by atoms with E-state index < -0.39 is 18.1 Å². The summed E-state index contributed by atoms with van der Waals surface area (Å²) in [6.45, 7) is 0.0860. The molecule has 0 saturated heterocycles. The molecule has 2 amide bonds. The van der Waals surface area contributed by atoms with Gasteiger partial charge in [0.15, 0.2) is 6.10 Å². The lowest BCUT2D eigenvalue weighted by Crippen LogP contribution is -2.33. The number of amides is 2. The van der Waals surface area contributed by atoms with Gasteiger partial charge in [0, 0.05) is 16.5 Å². The van der Waals surface area contributed by atoms with Crippen molar-refractivity contribution >= 4 is 40.3 Å². The van der Waals surface area contributed by atoms with Crippen LogP contribution in [-0.4, -0.2) is 34.9 Å². The molecule has 4 N–H and O–H groups in total. The Kier molecular flexibility index (Phi) is 5.86. The van der Waals surface area contributed by atoms with Gasteiger partial charge >= 0.3 is 12.0 Å². The molecule has 0 bridgehead atoms. The lowest BCUT2D eigenvalue weighted by molar-refractivity contribution is -0.146. The molecule has 1 atom stereocenters. The van der Waals surface area contributed by atoms with E-state index in [1.807, 2.05) is 12.1 Å². The van der Waals surface area contributed by atoms with Crippen molar-refractivity contribution < 1.29 is 19.8 Å². The zero-order chi connectivity index (χ0) is 13.5. The number of urea groups is 1. The molecular formula is C11H13IN2O4. The first-order valence-corrected chi connectivity index (χ1v) is 6.29. The fourth-order valence-corrected chi connectivity index (χ4v) is 1.70. The summed E-state index contributed by atoms with van der Waals surface area (Å²) >= 11 is 2.09. The van der Waals surface area contributed by atoms with Crippen molar-refractivity contribution in [3.05, 3.63) is 27.8 Å². The number of aliphatic carboxylic acids is 1. The Morgan fingerprint density at radius 2 is 2.00 bits per heavy atom. The molecule has 0 heterocycles. The first-order valence-electron chi connectivity index (χ1n) is 5.21. The monoisotopic (exact) mass is 364 g/mol. The molecule has 0 aliphatic carbocycles. The second kappa shape index (κ2) is 7.17. The third-order valence-electron chi connectivity index (χ3n) is 2.11. The number of carboxylic acid groups (broad SMARTS) is 1. The first-order chi connectivity index (χ1) is 8.50. The molecule has 0 fully saturated rings. The fourth-order valence-electron chi connectivity index (χ4n) is 1.17. The Morgan fingerprint density at radius 3 is 2.61 bits per heavy atom. The summed E-state index contributed by atoms with van der Waals surface area (Å²) in [5, 5.41) is 22.5. The maximum absolute atomic E-state index is 11.5. The highest BCUT2D eigenvalue weighted by atomic mass is 127. The second-order valence-electron chi connectivity index (χ2n) is 3.50. The Balaban J connectivity index is 2.35. The van der Waals surface area contributed by atoms with Crippen LogP contribution in [0.1, 0.15) is 6.42 Å². The van der Waals surface area contributed by atoms with E-state index in [0.29, 0.717) is 5.69 Å². The molecular weight excluding hydrogens is 351 g/mol. The molecule has 0 aliphatic rings. The highest BCUT2D eigenvalue weighted by Crippen LogP contribution is 2.16. The smallest absolute Gasteiger partial charge is 0.332 e. The Hall–Kier alpha value is -1.35. The van der Waals surface area contributed by atoms with Gasteiger partial charge in [-0.05, 0) is 34.7 Å². The van der Waals surface area contributed by atoms with Gasteiger partial charge < -0.3 is 20.8 Å². The number of anilines is 1. The summed E-state index contributed by atoms with van der Waals surface area (Å²) in [7, 11) is 0. The summed E-state index contributed by atoms with van der Waals surface area (Å²) in [5.41, 5.74) is 0.675. The minimum absolute atomic E-state index is 0.0331. The Labute approximate surface area is 118 Å². The highest BCUT2D eigenvalue weighted by Gasteiger charge is 2.12. The Morgan fingerprint density at radius 1 is 1.33 bits per heavy atom. The summed E-state index contributed by atoms with van der Waals surface area (Å²) in [4.78, 5) is 21.8. The average Bonchev–Trinajstić information content (AvgIpc) is 2.32. The number of halogens is 1. The number of nitrogens with one attached hydrogen (secondary N) is 2. The molecule has 1 aromatic carbocycles. The molecule has 6 nitrogen and oxygen atoms in total. The topological polar surface area (TPSA) is 98.7 Å². The largest absolute Gasteiger partial charge is 0.479 e. The normalized spacial score (nSPS) is 11.7. The van der Waals surface area contributed by atoms with E-state index in [1.165, 1.54) is 0 Å². The number of hydrogen-bond donors (Lipinski definition) is 4. The molecule has 0 aliphatic heterocycles. The quantitative estimate of drug-likeness (QED) is 0.591. The first kappa shape index (κ1) is 14.7. The lowest BCUT2D eigenvalue weighted by Gasteiger charge is -2.09. The number of carbonyl (C=O) groups excluding carboxylic acids is 1. The van der Waals surface area contributed by atoms with Crippen LogP contribution in [0.5, 0.6) is 0 Å². The van der Waals surface area contributed by atoms with E-state index in [4.69, 9.17) is 10.2 Å². The maximum Gasteiger partial charge on any atom is 0.332 e. The molecule has 7 heteroatoms. The van der Waals surface area contributed by atoms with Crippen molar-refractivity contribution in [3.8, 4) is 0 Å². The third kappa shape index (κ3) is 4.88. The Bertz CT molecular complexity index is 439. The van der Waals surface area contributed by atoms with E-state index in [-0.39, 0.29) is 13.0 Å². The maximum atomic E-state index is 11.5. The van der Waals surface area contributed by atoms with Crippen LogP contribution >= 0.6 is 22.6 Å². The van der Waals surface area contributed by atoms with Gasteiger partial charge in [0.05, 0.1) is 5.69 Å². The van der Waals surface area contributed by atoms with Gasteiger partial charge in [0.2, 0.25) is 0 Å². The van der Waals surface area contributed by atoms with Crippen LogP contribution in [0.4, 0.5) is 10.5 Å². The number of aliphatic hydroxyl groups is 1. The van der Waals surface area contributed by atoms with Crippen LogP contribution < -0.4 is 10.6 Å². The van der Waals surface area contributed by atoms with Crippen molar-refractivity contribution in [2.45, 2.75) is 12.5 Å². The SMILES string of the molecule is O=C(NCCC(O)C(=O)O)Nc1ccccc1I. The van der Waals surface area contributed by atoms with Crippen molar-refractivity contribution in [2.24, 2.45) is 0 Å².